The summed E-state index contributed by atoms with van der Waals surface area (Å²) < 4.78 is 0. The van der Waals surface area contributed by atoms with Crippen LogP contribution in [0.2, 0.25) is 10.0 Å². The van der Waals surface area contributed by atoms with Crippen molar-refractivity contribution in [3.8, 4) is 0 Å². The molecule has 0 atom stereocenters. The number of nitrogens with one attached hydrogen (secondary N) is 2. The molecular weight excluding hydrogens is 367 g/mol. The highest BCUT2D eigenvalue weighted by Crippen LogP contribution is 2.23. The third-order valence-corrected chi connectivity index (χ3v) is 4.32. The van der Waals surface area contributed by atoms with Gasteiger partial charge in [-0.1, -0.05) is 47.5 Å². The molecule has 0 bridgehead atoms. The highest BCUT2D eigenvalue weighted by Gasteiger charge is 2.01. The van der Waals surface area contributed by atoms with Crippen LogP contribution in [0.1, 0.15) is 5.56 Å². The summed E-state index contributed by atoms with van der Waals surface area (Å²) in [4.78, 5) is 12.0. The summed E-state index contributed by atoms with van der Waals surface area (Å²) >= 11 is 11.8. The first kappa shape index (κ1) is 18.1. The van der Waals surface area contributed by atoms with Gasteiger partial charge in [-0.05, 0) is 60.2 Å². The monoisotopic (exact) mass is 382 g/mol. The predicted octanol–water partition coefficient (Wildman–Crippen LogP) is 6.39. The number of rotatable bonds is 5. The van der Waals surface area contributed by atoms with Gasteiger partial charge in [0.15, 0.2) is 0 Å². The van der Waals surface area contributed by atoms with Crippen LogP contribution in [0.3, 0.4) is 0 Å². The fourth-order valence-electron chi connectivity index (χ4n) is 2.30. The normalized spacial score (nSPS) is 10.7. The molecule has 3 rings (SSSR count). The molecule has 3 aromatic rings. The predicted molar refractivity (Wildman–Crippen MR) is 110 cm³/mol. The van der Waals surface area contributed by atoms with Crippen molar-refractivity contribution < 1.29 is 4.79 Å². The van der Waals surface area contributed by atoms with Crippen molar-refractivity contribution in [1.29, 1.82) is 0 Å². The first-order chi connectivity index (χ1) is 12.6. The maximum atomic E-state index is 12.0. The lowest BCUT2D eigenvalue weighted by molar-refractivity contribution is -0.111. The van der Waals surface area contributed by atoms with E-state index in [4.69, 9.17) is 23.2 Å². The number of anilines is 3. The van der Waals surface area contributed by atoms with Gasteiger partial charge < -0.3 is 10.6 Å². The van der Waals surface area contributed by atoms with Crippen LogP contribution in [0.25, 0.3) is 6.08 Å². The second-order valence-electron chi connectivity index (χ2n) is 5.56. The highest BCUT2D eigenvalue weighted by molar-refractivity contribution is 6.42. The van der Waals surface area contributed by atoms with Crippen molar-refractivity contribution in [3.05, 3.63) is 94.5 Å². The molecule has 0 heterocycles. The summed E-state index contributed by atoms with van der Waals surface area (Å²) in [7, 11) is 0. The van der Waals surface area contributed by atoms with Crippen LogP contribution in [0, 0.1) is 0 Å². The van der Waals surface area contributed by atoms with Gasteiger partial charge in [-0.2, -0.15) is 0 Å². The van der Waals surface area contributed by atoms with Crippen LogP contribution in [0.15, 0.2) is 78.9 Å². The number of benzene rings is 3. The van der Waals surface area contributed by atoms with Gasteiger partial charge in [-0.15, -0.1) is 0 Å². The van der Waals surface area contributed by atoms with Gasteiger partial charge in [-0.3, -0.25) is 4.79 Å². The van der Waals surface area contributed by atoms with Gasteiger partial charge in [0.05, 0.1) is 10.0 Å². The molecule has 1 amide bonds. The molecule has 0 aliphatic rings. The number of hydrogen-bond donors (Lipinski definition) is 2. The van der Waals surface area contributed by atoms with E-state index in [-0.39, 0.29) is 5.91 Å². The van der Waals surface area contributed by atoms with Crippen LogP contribution in [-0.2, 0) is 4.79 Å². The Hall–Kier alpha value is -2.75. The summed E-state index contributed by atoms with van der Waals surface area (Å²) in [5.41, 5.74) is 3.47. The highest BCUT2D eigenvalue weighted by atomic mass is 35.5. The molecule has 2 N–H and O–H groups in total. The molecule has 26 heavy (non-hydrogen) atoms. The second kappa shape index (κ2) is 8.56. The lowest BCUT2D eigenvalue weighted by Gasteiger charge is -2.07. The van der Waals surface area contributed by atoms with Gasteiger partial charge >= 0.3 is 0 Å². The van der Waals surface area contributed by atoms with E-state index in [0.717, 1.165) is 16.9 Å². The zero-order valence-corrected chi connectivity index (χ0v) is 15.3. The lowest BCUT2D eigenvalue weighted by Crippen LogP contribution is -2.07. The molecule has 0 spiro atoms. The molecule has 0 saturated carbocycles. The molecule has 0 saturated heterocycles. The van der Waals surface area contributed by atoms with Crippen LogP contribution in [0.5, 0.6) is 0 Å². The van der Waals surface area contributed by atoms with Gasteiger partial charge in [0.2, 0.25) is 5.91 Å². The lowest BCUT2D eigenvalue weighted by atomic mass is 10.2. The van der Waals surface area contributed by atoms with Gasteiger partial charge in [-0.25, -0.2) is 0 Å². The Bertz CT molecular complexity index is 923. The Morgan fingerprint density at radius 1 is 0.769 bits per heavy atom. The van der Waals surface area contributed by atoms with Crippen molar-refractivity contribution in [3.63, 3.8) is 0 Å². The van der Waals surface area contributed by atoms with E-state index in [0.29, 0.717) is 15.7 Å². The minimum Gasteiger partial charge on any atom is -0.356 e. The first-order valence-corrected chi connectivity index (χ1v) is 8.72. The molecule has 5 heteroatoms. The van der Waals surface area contributed by atoms with E-state index in [1.54, 1.807) is 24.3 Å². The maximum Gasteiger partial charge on any atom is 0.248 e. The topological polar surface area (TPSA) is 41.1 Å². The zero-order chi connectivity index (χ0) is 18.4. The Morgan fingerprint density at radius 2 is 1.42 bits per heavy atom. The minimum atomic E-state index is -0.222. The molecule has 130 valence electrons. The largest absolute Gasteiger partial charge is 0.356 e. The van der Waals surface area contributed by atoms with Crippen molar-refractivity contribution in [2.45, 2.75) is 0 Å². The Balaban J connectivity index is 1.58. The SMILES string of the molecule is O=C(/C=C/c1ccc(Cl)c(Cl)c1)Nc1ccc(Nc2ccccc2)cc1. The molecule has 0 aliphatic heterocycles. The van der Waals surface area contributed by atoms with E-state index in [1.807, 2.05) is 54.6 Å². The van der Waals surface area contributed by atoms with E-state index >= 15 is 0 Å². The molecule has 0 aromatic heterocycles. The van der Waals surface area contributed by atoms with E-state index in [2.05, 4.69) is 10.6 Å². The minimum absolute atomic E-state index is 0.222. The standard InChI is InChI=1S/C21H16Cl2N2O/c22-19-12-6-15(14-20(19)23)7-13-21(26)25-18-10-8-17(9-11-18)24-16-4-2-1-3-5-16/h1-14,24H,(H,25,26)/b13-7+. The molecule has 0 radical (unpaired) electrons. The quantitative estimate of drug-likeness (QED) is 0.502. The van der Waals surface area contributed by atoms with Crippen molar-refractivity contribution >= 4 is 52.2 Å². The van der Waals surface area contributed by atoms with Crippen LogP contribution < -0.4 is 10.6 Å². The van der Waals surface area contributed by atoms with Crippen LogP contribution in [0.4, 0.5) is 17.1 Å². The molecule has 0 aliphatic carbocycles. The summed E-state index contributed by atoms with van der Waals surface area (Å²) in [6.45, 7) is 0. The fraction of sp³-hybridized carbons (Fsp3) is 0. The third kappa shape index (κ3) is 5.12. The smallest absolute Gasteiger partial charge is 0.248 e. The van der Waals surface area contributed by atoms with Gasteiger partial charge in [0.1, 0.15) is 0 Å². The number of halogens is 2. The van der Waals surface area contributed by atoms with E-state index in [1.165, 1.54) is 6.08 Å². The second-order valence-corrected chi connectivity index (χ2v) is 6.38. The van der Waals surface area contributed by atoms with Crippen LogP contribution in [-0.4, -0.2) is 5.91 Å². The fourth-order valence-corrected chi connectivity index (χ4v) is 2.60. The van der Waals surface area contributed by atoms with Gasteiger partial charge in [0.25, 0.3) is 0 Å². The van der Waals surface area contributed by atoms with E-state index < -0.39 is 0 Å². The molecular formula is C21H16Cl2N2O. The summed E-state index contributed by atoms with van der Waals surface area (Å²) in [5, 5.41) is 7.05. The average Bonchev–Trinajstić information content (AvgIpc) is 2.65. The first-order valence-electron chi connectivity index (χ1n) is 7.96. The Kier molecular flexibility index (Phi) is 5.95. The van der Waals surface area contributed by atoms with Crippen molar-refractivity contribution in [2.24, 2.45) is 0 Å². The number of carbonyl (C=O) groups is 1. The maximum absolute atomic E-state index is 12.0. The zero-order valence-electron chi connectivity index (χ0n) is 13.7. The molecule has 3 aromatic carbocycles. The summed E-state index contributed by atoms with van der Waals surface area (Å²) in [6, 6.07) is 22.6. The van der Waals surface area contributed by atoms with Crippen molar-refractivity contribution in [2.75, 3.05) is 10.6 Å². The van der Waals surface area contributed by atoms with Gasteiger partial charge in [0, 0.05) is 23.1 Å². The average molecular weight is 383 g/mol. The summed E-state index contributed by atoms with van der Waals surface area (Å²) in [6.07, 6.45) is 3.14. The Labute approximate surface area is 162 Å². The number of amides is 1. The third-order valence-electron chi connectivity index (χ3n) is 3.59. The Morgan fingerprint density at radius 3 is 2.12 bits per heavy atom. The number of hydrogen-bond acceptors (Lipinski definition) is 2. The molecule has 3 nitrogen and oxygen atoms in total. The molecule has 0 fully saturated rings. The van der Waals surface area contributed by atoms with Crippen molar-refractivity contribution in [1.82, 2.24) is 0 Å². The van der Waals surface area contributed by atoms with E-state index in [9.17, 15) is 4.79 Å². The number of carbonyl (C=O) groups excluding carboxylic acids is 1. The van der Waals surface area contributed by atoms with Crippen LogP contribution >= 0.6 is 23.2 Å². The summed E-state index contributed by atoms with van der Waals surface area (Å²) in [5.74, 6) is -0.222. The molecule has 0 unspecified atom stereocenters. The number of para-hydroxylation sites is 1.